The van der Waals surface area contributed by atoms with Crippen LogP contribution in [-0.2, 0) is 0 Å². The molecule has 1 aliphatic rings. The van der Waals surface area contributed by atoms with Gasteiger partial charge in [-0.05, 0) is 6.92 Å². The van der Waals surface area contributed by atoms with Crippen molar-refractivity contribution in [1.29, 1.82) is 0 Å². The van der Waals surface area contributed by atoms with Crippen molar-refractivity contribution in [2.75, 3.05) is 5.75 Å². The summed E-state index contributed by atoms with van der Waals surface area (Å²) in [5.74, 6) is 0.695. The monoisotopic (exact) mass is 177 g/mol. The first-order chi connectivity index (χ1) is 4.66. The third-order valence-corrected chi connectivity index (χ3v) is 3.77. The van der Waals surface area contributed by atoms with Crippen LogP contribution in [0.25, 0.3) is 0 Å². The molecule has 0 aromatic rings. The van der Waals surface area contributed by atoms with Crippen LogP contribution in [0.2, 0.25) is 0 Å². The minimum absolute atomic E-state index is 0.0994. The van der Waals surface area contributed by atoms with Gasteiger partial charge in [-0.2, -0.15) is 0 Å². The highest BCUT2D eigenvalue weighted by molar-refractivity contribution is 8.42. The molecule has 0 radical (unpaired) electrons. The number of oxime groups is 1. The van der Waals surface area contributed by atoms with E-state index in [9.17, 15) is 4.79 Å². The average molecular weight is 177 g/mol. The van der Waals surface area contributed by atoms with Crippen LogP contribution in [0.5, 0.6) is 0 Å². The van der Waals surface area contributed by atoms with Crippen LogP contribution in [0.15, 0.2) is 5.16 Å². The quantitative estimate of drug-likeness (QED) is 0.377. The van der Waals surface area contributed by atoms with Gasteiger partial charge in [-0.3, -0.25) is 4.79 Å². The minimum atomic E-state index is -0.295. The highest BCUT2D eigenvalue weighted by atomic mass is 32.2. The molecular weight excluding hydrogens is 170 g/mol. The summed E-state index contributed by atoms with van der Waals surface area (Å²) in [4.78, 5) is 10.7. The fraction of sp³-hybridized carbons (Fsp3) is 0.600. The topological polar surface area (TPSA) is 49.7 Å². The molecule has 3 nitrogen and oxygen atoms in total. The van der Waals surface area contributed by atoms with Gasteiger partial charge in [0.25, 0.3) is 0 Å². The lowest BCUT2D eigenvalue weighted by atomic mass is 10.2. The van der Waals surface area contributed by atoms with E-state index in [1.54, 1.807) is 0 Å². The fourth-order valence-electron chi connectivity index (χ4n) is 0.637. The number of hydrogen-bond acceptors (Lipinski definition) is 5. The molecule has 10 heavy (non-hydrogen) atoms. The van der Waals surface area contributed by atoms with E-state index in [0.717, 1.165) is 0 Å². The molecular formula is C5H7NO2S2. The first-order valence-corrected chi connectivity index (χ1v) is 4.51. The van der Waals surface area contributed by atoms with Crippen LogP contribution in [0.4, 0.5) is 4.79 Å². The van der Waals surface area contributed by atoms with E-state index < -0.39 is 0 Å². The molecule has 5 heteroatoms. The van der Waals surface area contributed by atoms with Gasteiger partial charge < -0.3 is 5.21 Å². The van der Waals surface area contributed by atoms with Crippen molar-refractivity contribution >= 4 is 34.2 Å². The van der Waals surface area contributed by atoms with Gasteiger partial charge in [0.05, 0.1) is 11.0 Å². The Morgan fingerprint density at radius 1 is 1.90 bits per heavy atom. The molecule has 0 aliphatic carbocycles. The molecule has 1 heterocycles. The molecule has 0 bridgehead atoms. The highest BCUT2D eigenvalue weighted by Crippen LogP contribution is 2.40. The van der Waals surface area contributed by atoms with Gasteiger partial charge in [0.2, 0.25) is 4.45 Å². The zero-order chi connectivity index (χ0) is 7.61. The molecule has 1 unspecified atom stereocenters. The Kier molecular flexibility index (Phi) is 2.25. The molecule has 0 amide bonds. The second kappa shape index (κ2) is 2.84. The number of carbonyl (C=O) groups excluding carboxylic acids is 1. The number of rotatable bonds is 1. The normalized spacial score (nSPS) is 33.9. The Hall–Kier alpha value is -0.160. The first kappa shape index (κ1) is 7.94. The van der Waals surface area contributed by atoms with Crippen molar-refractivity contribution in [2.24, 2.45) is 5.16 Å². The zero-order valence-corrected chi connectivity index (χ0v) is 7.04. The Bertz CT molecular complexity index is 182. The Labute approximate surface area is 67.2 Å². The van der Waals surface area contributed by atoms with Crippen LogP contribution in [0, 0.1) is 0 Å². The standard InChI is InChI=1S/C5H7NO2S2/c1-5(2-6-8)3-9-4(7)10-5/h2,8H,3H2,1H3. The zero-order valence-electron chi connectivity index (χ0n) is 5.40. The summed E-state index contributed by atoms with van der Waals surface area (Å²) in [6.07, 6.45) is 1.40. The summed E-state index contributed by atoms with van der Waals surface area (Å²) in [6.45, 7) is 1.87. The largest absolute Gasteiger partial charge is 0.411 e. The van der Waals surface area contributed by atoms with Gasteiger partial charge in [-0.1, -0.05) is 23.5 Å². The molecule has 1 atom stereocenters. The van der Waals surface area contributed by atoms with Crippen molar-refractivity contribution < 1.29 is 10.0 Å². The molecule has 1 rings (SSSR count). The Morgan fingerprint density at radius 3 is 3.00 bits per heavy atom. The maximum atomic E-state index is 10.7. The van der Waals surface area contributed by atoms with Gasteiger partial charge in [0, 0.05) is 5.75 Å². The SMILES string of the molecule is CC1(C=NO)CSC(=O)S1. The van der Waals surface area contributed by atoms with Crippen LogP contribution >= 0.6 is 23.5 Å². The smallest absolute Gasteiger partial charge is 0.247 e. The Morgan fingerprint density at radius 2 is 2.60 bits per heavy atom. The number of thioether (sulfide) groups is 2. The summed E-state index contributed by atoms with van der Waals surface area (Å²) >= 11 is 2.47. The van der Waals surface area contributed by atoms with Gasteiger partial charge in [-0.15, -0.1) is 5.16 Å². The second-order valence-electron chi connectivity index (χ2n) is 2.20. The molecule has 1 aliphatic heterocycles. The second-order valence-corrected chi connectivity index (χ2v) is 4.91. The van der Waals surface area contributed by atoms with Crippen molar-refractivity contribution in [1.82, 2.24) is 0 Å². The summed E-state index contributed by atoms with van der Waals surface area (Å²) in [5, 5.41) is 11.1. The van der Waals surface area contributed by atoms with Crippen LogP contribution in [-0.4, -0.2) is 26.4 Å². The minimum Gasteiger partial charge on any atom is -0.411 e. The molecule has 1 fully saturated rings. The van der Waals surface area contributed by atoms with Crippen molar-refractivity contribution in [3.8, 4) is 0 Å². The van der Waals surface area contributed by atoms with E-state index in [1.807, 2.05) is 6.92 Å². The molecule has 0 aromatic carbocycles. The van der Waals surface area contributed by atoms with Crippen molar-refractivity contribution in [3.63, 3.8) is 0 Å². The molecule has 1 N–H and O–H groups in total. The predicted octanol–water partition coefficient (Wildman–Crippen LogP) is 1.81. The van der Waals surface area contributed by atoms with Crippen molar-refractivity contribution in [2.45, 2.75) is 11.7 Å². The molecule has 1 saturated heterocycles. The fourth-order valence-corrected chi connectivity index (χ4v) is 2.99. The maximum Gasteiger partial charge on any atom is 0.247 e. The van der Waals surface area contributed by atoms with E-state index in [-0.39, 0.29) is 9.19 Å². The first-order valence-electron chi connectivity index (χ1n) is 2.71. The summed E-state index contributed by atoms with van der Waals surface area (Å²) in [5.41, 5.74) is 0. The molecule has 0 aromatic heterocycles. The maximum absolute atomic E-state index is 10.7. The van der Waals surface area contributed by atoms with E-state index in [2.05, 4.69) is 5.16 Å². The number of hydrogen-bond donors (Lipinski definition) is 1. The average Bonchev–Trinajstić information content (AvgIpc) is 2.12. The van der Waals surface area contributed by atoms with Crippen LogP contribution in [0.1, 0.15) is 6.92 Å². The van der Waals surface area contributed by atoms with Gasteiger partial charge in [-0.25, -0.2) is 0 Å². The lowest BCUT2D eigenvalue weighted by molar-refractivity contribution is 0.277. The predicted molar refractivity (Wildman–Crippen MR) is 44.1 cm³/mol. The van der Waals surface area contributed by atoms with Gasteiger partial charge >= 0.3 is 0 Å². The van der Waals surface area contributed by atoms with E-state index >= 15 is 0 Å². The van der Waals surface area contributed by atoms with Crippen molar-refractivity contribution in [3.05, 3.63) is 0 Å². The summed E-state index contributed by atoms with van der Waals surface area (Å²) in [6, 6.07) is 0. The van der Waals surface area contributed by atoms with Gasteiger partial charge in [0.1, 0.15) is 0 Å². The Balaban J connectivity index is 2.63. The molecule has 56 valence electrons. The van der Waals surface area contributed by atoms with Gasteiger partial charge in [0.15, 0.2) is 0 Å². The molecule has 0 saturated carbocycles. The third-order valence-electron chi connectivity index (χ3n) is 1.12. The highest BCUT2D eigenvalue weighted by Gasteiger charge is 2.34. The number of carbonyl (C=O) groups is 1. The summed E-state index contributed by atoms with van der Waals surface area (Å²) < 4.78 is -0.196. The van der Waals surface area contributed by atoms with Crippen LogP contribution in [0.3, 0.4) is 0 Å². The van der Waals surface area contributed by atoms with E-state index in [4.69, 9.17) is 5.21 Å². The third kappa shape index (κ3) is 1.67. The molecule has 0 spiro atoms. The van der Waals surface area contributed by atoms with E-state index in [0.29, 0.717) is 5.75 Å². The van der Waals surface area contributed by atoms with E-state index in [1.165, 1.54) is 29.7 Å². The van der Waals surface area contributed by atoms with Crippen LogP contribution < -0.4 is 0 Å². The lowest BCUT2D eigenvalue weighted by Gasteiger charge is -2.10. The summed E-state index contributed by atoms with van der Waals surface area (Å²) in [7, 11) is 0. The lowest BCUT2D eigenvalue weighted by Crippen LogP contribution is -2.21. The number of nitrogens with zero attached hydrogens (tertiary/aromatic N) is 1.